The van der Waals surface area contributed by atoms with Gasteiger partial charge in [-0.25, -0.2) is 0 Å². The van der Waals surface area contributed by atoms with Gasteiger partial charge in [-0.15, -0.1) is 0 Å². The van der Waals surface area contributed by atoms with Gasteiger partial charge in [-0.2, -0.15) is 0 Å². The van der Waals surface area contributed by atoms with Crippen LogP contribution >= 0.6 is 11.7 Å². The zero-order chi connectivity index (χ0) is 12.4. The fourth-order valence-electron chi connectivity index (χ4n) is 1.12. The molecule has 3 atom stereocenters. The van der Waals surface area contributed by atoms with E-state index < -0.39 is 26.2 Å². The molecule has 0 aromatic carbocycles. The van der Waals surface area contributed by atoms with Crippen molar-refractivity contribution in [1.29, 1.82) is 0 Å². The molecule has 0 rings (SSSR count). The van der Waals surface area contributed by atoms with Crippen LogP contribution in [-0.2, 0) is 28.8 Å². The summed E-state index contributed by atoms with van der Waals surface area (Å²) in [6.45, 7) is 0. The van der Waals surface area contributed by atoms with Crippen LogP contribution in [0.2, 0.25) is 0 Å². The maximum atomic E-state index is 11.2. The Morgan fingerprint density at radius 1 is 1.47 bits per heavy atom. The zero-order valence-corrected chi connectivity index (χ0v) is 14.0. The van der Waals surface area contributed by atoms with E-state index in [-0.39, 0.29) is 5.75 Å². The quantitative estimate of drug-likeness (QED) is 0.381. The van der Waals surface area contributed by atoms with E-state index in [1.54, 1.807) is 19.0 Å². The van der Waals surface area contributed by atoms with E-state index in [1.165, 1.54) is 0 Å². The Morgan fingerprint density at radius 2 is 1.87 bits per heavy atom. The number of hydrogen-bond acceptors (Lipinski definition) is 5. The molecular formula is C5H12NNaO4S4. The molecule has 0 heterocycles. The van der Waals surface area contributed by atoms with Crippen LogP contribution in [0, 0.1) is 0 Å². The van der Waals surface area contributed by atoms with E-state index in [0.717, 1.165) is 0 Å². The van der Waals surface area contributed by atoms with Crippen molar-refractivity contribution < 1.29 is 17.2 Å². The van der Waals surface area contributed by atoms with Gasteiger partial charge in [0.2, 0.25) is 0 Å². The number of thiol groups is 1. The second kappa shape index (κ2) is 5.96. The van der Waals surface area contributed by atoms with Gasteiger partial charge < -0.3 is 0 Å². The van der Waals surface area contributed by atoms with Gasteiger partial charge >= 0.3 is 119 Å². The second-order valence-electron chi connectivity index (χ2n) is 3.50. The minimum absolute atomic E-state index is 0.233. The first-order valence-corrected chi connectivity index (χ1v) is 10.4. The molecule has 0 aromatic rings. The molecular weight excluding hydrogens is 289 g/mol. The summed E-state index contributed by atoms with van der Waals surface area (Å²) >= 11 is 8.21. The van der Waals surface area contributed by atoms with Crippen molar-refractivity contribution in [2.75, 3.05) is 19.8 Å². The summed E-state index contributed by atoms with van der Waals surface area (Å²) in [6.07, 6.45) is 0. The Kier molecular flexibility index (Phi) is 6.60. The fourth-order valence-corrected chi connectivity index (χ4v) is 5.01. The van der Waals surface area contributed by atoms with Crippen LogP contribution in [-0.4, -0.2) is 78.4 Å². The predicted molar refractivity (Wildman–Crippen MR) is 67.9 cm³/mol. The fraction of sp³-hybridized carbons (Fsp3) is 1.00. The zero-order valence-electron chi connectivity index (χ0n) is 8.65. The molecule has 0 aliphatic carbocycles. The van der Waals surface area contributed by atoms with Crippen LogP contribution in [0.15, 0.2) is 0 Å². The summed E-state index contributed by atoms with van der Waals surface area (Å²) in [7, 11) is -3.55. The average Bonchev–Trinajstić information content (AvgIpc) is 1.94. The molecule has 0 amide bonds. The maximum absolute atomic E-state index is 11.2. The van der Waals surface area contributed by atoms with Crippen molar-refractivity contribution in [3.8, 4) is 0 Å². The molecule has 0 saturated heterocycles. The number of hydrogen-bond donors (Lipinski definition) is 2. The molecule has 0 aromatic heterocycles. The normalized spacial score (nSPS) is 21.0. The Balaban J connectivity index is 5.01. The summed E-state index contributed by atoms with van der Waals surface area (Å²) in [5.74, 6) is -0.233. The first-order chi connectivity index (χ1) is 6.45. The average molecular weight is 301 g/mol. The van der Waals surface area contributed by atoms with Crippen molar-refractivity contribution in [1.82, 2.24) is 4.90 Å². The summed E-state index contributed by atoms with van der Waals surface area (Å²) in [4.78, 5) is 1.59. The molecule has 0 radical (unpaired) electrons. The first kappa shape index (κ1) is 16.6. The molecule has 0 aliphatic rings. The van der Waals surface area contributed by atoms with Gasteiger partial charge in [0.05, 0.1) is 0 Å². The third-order valence-electron chi connectivity index (χ3n) is 2.06. The number of nitrogens with zero attached hydrogens (tertiary/aromatic N) is 1. The van der Waals surface area contributed by atoms with E-state index in [4.69, 9.17) is 4.55 Å². The summed E-state index contributed by atoms with van der Waals surface area (Å²) in [5, 5.41) is 0. The van der Waals surface area contributed by atoms with Gasteiger partial charge in [-0.1, -0.05) is 0 Å². The molecule has 1 N–H and O–H groups in total. The topological polar surface area (TPSA) is 74.7 Å². The second-order valence-corrected chi connectivity index (χ2v) is 11.9. The molecule has 3 unspecified atom stereocenters. The van der Waals surface area contributed by atoms with Crippen molar-refractivity contribution in [3.05, 3.63) is 0 Å². The van der Waals surface area contributed by atoms with Gasteiger partial charge in [-0.05, 0) is 0 Å². The van der Waals surface area contributed by atoms with Crippen molar-refractivity contribution in [3.63, 3.8) is 0 Å². The van der Waals surface area contributed by atoms with Crippen LogP contribution in [0.4, 0.5) is 0 Å². The van der Waals surface area contributed by atoms with E-state index in [1.807, 2.05) is 0 Å². The molecule has 5 nitrogen and oxygen atoms in total. The Bertz CT molecular complexity index is 403. The van der Waals surface area contributed by atoms with Gasteiger partial charge in [0, 0.05) is 0 Å². The van der Waals surface area contributed by atoms with Crippen molar-refractivity contribution in [2.24, 2.45) is 0 Å². The Labute approximate surface area is 118 Å². The van der Waals surface area contributed by atoms with Crippen molar-refractivity contribution in [2.45, 2.75) is 8.54 Å². The van der Waals surface area contributed by atoms with E-state index in [2.05, 4.69) is 22.8 Å². The monoisotopic (exact) mass is 301 g/mol. The molecule has 15 heavy (non-hydrogen) atoms. The molecule has 10 heteroatoms. The molecule has 0 spiro atoms. The Morgan fingerprint density at radius 3 is 2.07 bits per heavy atom. The van der Waals surface area contributed by atoms with Crippen LogP contribution in [0.3, 0.4) is 0 Å². The van der Waals surface area contributed by atoms with Gasteiger partial charge in [-0.3, -0.25) is 0 Å². The summed E-state index contributed by atoms with van der Waals surface area (Å²) in [5.41, 5.74) is 0. The molecule has 86 valence electrons. The molecule has 0 saturated carbocycles. The van der Waals surface area contributed by atoms with E-state index >= 15 is 0 Å². The van der Waals surface area contributed by atoms with Gasteiger partial charge in [0.15, 0.2) is 0 Å². The van der Waals surface area contributed by atoms with Crippen LogP contribution in [0.1, 0.15) is 0 Å². The predicted octanol–water partition coefficient (Wildman–Crippen LogP) is -1.11. The van der Waals surface area contributed by atoms with E-state index in [0.29, 0.717) is 27.9 Å². The van der Waals surface area contributed by atoms with Crippen molar-refractivity contribution >= 4 is 68.4 Å². The molecule has 0 aliphatic heterocycles. The summed E-state index contributed by atoms with van der Waals surface area (Å²) in [6, 6.07) is -0.561. The first-order valence-electron chi connectivity index (χ1n) is 4.03. The van der Waals surface area contributed by atoms with Crippen LogP contribution in [0.25, 0.3) is 0 Å². The Hall–Kier alpha value is 1.59. The SMILES string of the molecule is CN(C)C(CS(=O)(O)=S)[CH]([Na])S(=O)(=O)S. The third kappa shape index (κ3) is 6.79. The van der Waals surface area contributed by atoms with Gasteiger partial charge in [0.25, 0.3) is 0 Å². The molecule has 0 bridgehead atoms. The van der Waals surface area contributed by atoms with Gasteiger partial charge in [0.1, 0.15) is 0 Å². The molecule has 0 fully saturated rings. The number of rotatable bonds is 5. The van der Waals surface area contributed by atoms with Crippen LogP contribution in [0.5, 0.6) is 0 Å². The minimum atomic E-state index is -3.49. The van der Waals surface area contributed by atoms with Crippen LogP contribution < -0.4 is 0 Å². The van der Waals surface area contributed by atoms with E-state index in [9.17, 15) is 12.6 Å². The third-order valence-corrected chi connectivity index (χ3v) is 9.30. The summed E-state index contributed by atoms with van der Waals surface area (Å²) < 4.78 is 41.9. The standard InChI is InChI=1S/C5H12NO4S4.Na/c1-6(2)5(3-13(7,8)11)4-14(9,10)12;/h3,5H,4H2,1-2H3,(H,7,8,11)(H,9,10,12);.